The van der Waals surface area contributed by atoms with Crippen LogP contribution in [0.15, 0.2) is 16.7 Å². The number of ether oxygens (including phenoxy) is 1. The molecule has 0 unspecified atom stereocenters. The van der Waals surface area contributed by atoms with E-state index in [9.17, 15) is 4.79 Å². The van der Waals surface area contributed by atoms with E-state index >= 15 is 0 Å². The minimum Gasteiger partial charge on any atom is -0.463 e. The third-order valence-electron chi connectivity index (χ3n) is 2.30. The average molecular weight is 226 g/mol. The van der Waals surface area contributed by atoms with Crippen LogP contribution in [0.4, 0.5) is 0 Å². The summed E-state index contributed by atoms with van der Waals surface area (Å²) in [5.74, 6) is -0.158. The molecule has 1 aromatic rings. The molecule has 0 spiro atoms. The fourth-order valence-corrected chi connectivity index (χ4v) is 1.46. The molecule has 0 bridgehead atoms. The van der Waals surface area contributed by atoms with Crippen molar-refractivity contribution in [3.05, 3.63) is 23.7 Å². The third kappa shape index (κ3) is 3.36. The first-order valence-corrected chi connectivity index (χ1v) is 5.22. The van der Waals surface area contributed by atoms with Crippen molar-refractivity contribution in [3.63, 3.8) is 0 Å². The Labute approximate surface area is 95.2 Å². The van der Waals surface area contributed by atoms with Crippen LogP contribution in [0.3, 0.4) is 0 Å². The molecule has 0 amide bonds. The molecule has 0 aliphatic rings. The molecule has 1 rings (SSSR count). The summed E-state index contributed by atoms with van der Waals surface area (Å²) >= 11 is 0. The van der Waals surface area contributed by atoms with E-state index in [1.165, 1.54) is 13.4 Å². The highest BCUT2D eigenvalue weighted by molar-refractivity contribution is 5.87. The Kier molecular flexibility index (Phi) is 5.01. The summed E-state index contributed by atoms with van der Waals surface area (Å²) in [4.78, 5) is 13.4. The molecule has 90 valence electrons. The number of carbonyl (C=O) groups excluding carboxylic acids is 1. The largest absolute Gasteiger partial charge is 0.463 e. The van der Waals surface area contributed by atoms with Crippen LogP contribution in [0.25, 0.3) is 0 Å². The Hall–Kier alpha value is -1.33. The standard InChI is InChI=1S/C11H18N2O3/c1-13(6-3-5-12)8-9-4-7-16-10(9)11(14)15-2/h4,7H,3,5-6,8,12H2,1-2H3. The number of nitrogens with two attached hydrogens (primary N) is 1. The van der Waals surface area contributed by atoms with Gasteiger partial charge in [-0.15, -0.1) is 0 Å². The Morgan fingerprint density at radius 3 is 3.00 bits per heavy atom. The van der Waals surface area contributed by atoms with Gasteiger partial charge in [-0.05, 0) is 32.6 Å². The zero-order valence-electron chi connectivity index (χ0n) is 9.73. The van der Waals surface area contributed by atoms with Gasteiger partial charge in [-0.25, -0.2) is 4.79 Å². The highest BCUT2D eigenvalue weighted by Gasteiger charge is 2.16. The molecule has 2 N–H and O–H groups in total. The highest BCUT2D eigenvalue weighted by Crippen LogP contribution is 2.13. The van der Waals surface area contributed by atoms with Crippen LogP contribution in [0, 0.1) is 0 Å². The lowest BCUT2D eigenvalue weighted by Crippen LogP contribution is -2.22. The summed E-state index contributed by atoms with van der Waals surface area (Å²) < 4.78 is 9.72. The zero-order chi connectivity index (χ0) is 12.0. The lowest BCUT2D eigenvalue weighted by Gasteiger charge is -2.15. The Morgan fingerprint density at radius 2 is 2.38 bits per heavy atom. The number of esters is 1. The topological polar surface area (TPSA) is 68.7 Å². The summed E-state index contributed by atoms with van der Waals surface area (Å²) in [5, 5.41) is 0. The van der Waals surface area contributed by atoms with Crippen molar-refractivity contribution in [1.82, 2.24) is 4.90 Å². The molecule has 0 fully saturated rings. The second-order valence-electron chi connectivity index (χ2n) is 3.65. The molecular weight excluding hydrogens is 208 g/mol. The van der Waals surface area contributed by atoms with Gasteiger partial charge in [-0.3, -0.25) is 0 Å². The predicted molar refractivity (Wildman–Crippen MR) is 60.1 cm³/mol. The first-order chi connectivity index (χ1) is 7.69. The second kappa shape index (κ2) is 6.30. The van der Waals surface area contributed by atoms with E-state index < -0.39 is 5.97 Å². The summed E-state index contributed by atoms with van der Waals surface area (Å²) in [6, 6.07) is 1.78. The monoisotopic (exact) mass is 226 g/mol. The molecule has 1 aromatic heterocycles. The van der Waals surface area contributed by atoms with Crippen molar-refractivity contribution >= 4 is 5.97 Å². The van der Waals surface area contributed by atoms with Gasteiger partial charge < -0.3 is 19.8 Å². The average Bonchev–Trinajstić information content (AvgIpc) is 2.73. The van der Waals surface area contributed by atoms with E-state index in [0.29, 0.717) is 13.1 Å². The maximum Gasteiger partial charge on any atom is 0.374 e. The van der Waals surface area contributed by atoms with Crippen molar-refractivity contribution in [1.29, 1.82) is 0 Å². The second-order valence-corrected chi connectivity index (χ2v) is 3.65. The van der Waals surface area contributed by atoms with Crippen LogP contribution in [0.5, 0.6) is 0 Å². The zero-order valence-corrected chi connectivity index (χ0v) is 9.73. The Morgan fingerprint density at radius 1 is 1.62 bits per heavy atom. The minimum atomic E-state index is -0.438. The van der Waals surface area contributed by atoms with Crippen molar-refractivity contribution in [2.45, 2.75) is 13.0 Å². The van der Waals surface area contributed by atoms with Gasteiger partial charge in [0.15, 0.2) is 0 Å². The first kappa shape index (κ1) is 12.7. The normalized spacial score (nSPS) is 10.8. The molecule has 0 radical (unpaired) electrons. The van der Waals surface area contributed by atoms with E-state index in [1.54, 1.807) is 6.07 Å². The fourth-order valence-electron chi connectivity index (χ4n) is 1.46. The van der Waals surface area contributed by atoms with E-state index in [1.807, 2.05) is 7.05 Å². The van der Waals surface area contributed by atoms with Gasteiger partial charge in [-0.1, -0.05) is 0 Å². The van der Waals surface area contributed by atoms with Gasteiger partial charge in [0.2, 0.25) is 5.76 Å². The molecule has 0 atom stereocenters. The molecule has 16 heavy (non-hydrogen) atoms. The van der Waals surface area contributed by atoms with Crippen LogP contribution >= 0.6 is 0 Å². The van der Waals surface area contributed by atoms with Crippen molar-refractivity contribution in [2.75, 3.05) is 27.2 Å². The lowest BCUT2D eigenvalue weighted by molar-refractivity contribution is 0.0562. The number of rotatable bonds is 6. The van der Waals surface area contributed by atoms with Gasteiger partial charge >= 0.3 is 5.97 Å². The van der Waals surface area contributed by atoms with E-state index in [-0.39, 0.29) is 5.76 Å². The molecule has 0 aliphatic heterocycles. The number of hydrogen-bond acceptors (Lipinski definition) is 5. The van der Waals surface area contributed by atoms with Gasteiger partial charge in [0.05, 0.1) is 13.4 Å². The van der Waals surface area contributed by atoms with Gasteiger partial charge in [0, 0.05) is 12.1 Å². The molecular formula is C11H18N2O3. The Bertz CT molecular complexity index is 336. The molecule has 1 heterocycles. The van der Waals surface area contributed by atoms with Crippen LogP contribution in [0.1, 0.15) is 22.5 Å². The summed E-state index contributed by atoms with van der Waals surface area (Å²) in [7, 11) is 3.32. The first-order valence-electron chi connectivity index (χ1n) is 5.22. The molecule has 5 nitrogen and oxygen atoms in total. The van der Waals surface area contributed by atoms with Gasteiger partial charge in [-0.2, -0.15) is 0 Å². The number of carbonyl (C=O) groups is 1. The minimum absolute atomic E-state index is 0.280. The van der Waals surface area contributed by atoms with Crippen LogP contribution in [0.2, 0.25) is 0 Å². The molecule has 0 aromatic carbocycles. The Balaban J connectivity index is 2.59. The van der Waals surface area contributed by atoms with Crippen LogP contribution in [-0.2, 0) is 11.3 Å². The molecule has 5 heteroatoms. The smallest absolute Gasteiger partial charge is 0.374 e. The SMILES string of the molecule is COC(=O)c1occc1CN(C)CCCN. The molecule has 0 saturated heterocycles. The summed E-state index contributed by atoms with van der Waals surface area (Å²) in [5.41, 5.74) is 6.27. The maximum absolute atomic E-state index is 11.3. The van der Waals surface area contributed by atoms with E-state index in [4.69, 9.17) is 10.2 Å². The van der Waals surface area contributed by atoms with Crippen LogP contribution < -0.4 is 5.73 Å². The number of methoxy groups -OCH3 is 1. The van der Waals surface area contributed by atoms with Crippen molar-refractivity contribution in [3.8, 4) is 0 Å². The summed E-state index contributed by atoms with van der Waals surface area (Å²) in [6.45, 7) is 2.21. The van der Waals surface area contributed by atoms with Crippen LogP contribution in [-0.4, -0.2) is 38.1 Å². The molecule has 0 saturated carbocycles. The number of furan rings is 1. The van der Waals surface area contributed by atoms with E-state index in [2.05, 4.69) is 9.64 Å². The summed E-state index contributed by atoms with van der Waals surface area (Å²) in [6.07, 6.45) is 2.43. The maximum atomic E-state index is 11.3. The lowest BCUT2D eigenvalue weighted by atomic mass is 10.2. The number of nitrogens with zero attached hydrogens (tertiary/aromatic N) is 1. The van der Waals surface area contributed by atoms with Crippen molar-refractivity contribution in [2.24, 2.45) is 5.73 Å². The quantitative estimate of drug-likeness (QED) is 0.728. The van der Waals surface area contributed by atoms with Gasteiger partial charge in [0.25, 0.3) is 0 Å². The molecule has 0 aliphatic carbocycles. The van der Waals surface area contributed by atoms with E-state index in [0.717, 1.165) is 18.5 Å². The third-order valence-corrected chi connectivity index (χ3v) is 2.30. The highest BCUT2D eigenvalue weighted by atomic mass is 16.5. The predicted octanol–water partition coefficient (Wildman–Crippen LogP) is 0.847. The van der Waals surface area contributed by atoms with Gasteiger partial charge in [0.1, 0.15) is 0 Å². The number of hydrogen-bond donors (Lipinski definition) is 1. The fraction of sp³-hybridized carbons (Fsp3) is 0.545. The van der Waals surface area contributed by atoms with Crippen molar-refractivity contribution < 1.29 is 13.9 Å².